The van der Waals surface area contributed by atoms with Crippen molar-refractivity contribution in [3.63, 3.8) is 0 Å². The Morgan fingerprint density at radius 2 is 2.07 bits per heavy atom. The van der Waals surface area contributed by atoms with Crippen LogP contribution in [0.2, 0.25) is 0 Å². The summed E-state index contributed by atoms with van der Waals surface area (Å²) in [4.78, 5) is 23.3. The number of imidazole rings is 1. The van der Waals surface area contributed by atoms with Gasteiger partial charge in [0.25, 0.3) is 0 Å². The molecule has 1 amide bonds. The minimum atomic E-state index is -0.340. The molecule has 4 rings (SSSR count). The monoisotopic (exact) mass is 367 g/mol. The lowest BCUT2D eigenvalue weighted by atomic mass is 9.93. The largest absolute Gasteiger partial charge is 0.342 e. The zero-order chi connectivity index (χ0) is 18.8. The third-order valence-electron chi connectivity index (χ3n) is 5.69. The number of nitrogens with one attached hydrogen (secondary N) is 1. The van der Waals surface area contributed by atoms with Gasteiger partial charge in [0.15, 0.2) is 0 Å². The number of likely N-dealkylation sites (tertiary alicyclic amines) is 1. The van der Waals surface area contributed by atoms with Gasteiger partial charge in [-0.05, 0) is 41.3 Å². The number of aromatic nitrogens is 6. The van der Waals surface area contributed by atoms with E-state index in [1.165, 1.54) is 6.33 Å². The highest BCUT2D eigenvalue weighted by molar-refractivity contribution is 5.80. The molecule has 8 nitrogen and oxygen atoms in total. The van der Waals surface area contributed by atoms with Gasteiger partial charge in [0.05, 0.1) is 11.0 Å². The summed E-state index contributed by atoms with van der Waals surface area (Å²) >= 11 is 0. The molecular weight excluding hydrogens is 342 g/mol. The molecule has 1 aromatic carbocycles. The van der Waals surface area contributed by atoms with Gasteiger partial charge in [-0.15, -0.1) is 5.10 Å². The number of benzene rings is 1. The first-order chi connectivity index (χ1) is 13.2. The van der Waals surface area contributed by atoms with Gasteiger partial charge in [-0.3, -0.25) is 4.79 Å². The summed E-state index contributed by atoms with van der Waals surface area (Å²) in [6.07, 6.45) is 4.25. The van der Waals surface area contributed by atoms with Crippen LogP contribution in [0.3, 0.4) is 0 Å². The average molecular weight is 367 g/mol. The predicted molar refractivity (Wildman–Crippen MR) is 101 cm³/mol. The Bertz CT molecular complexity index is 863. The summed E-state index contributed by atoms with van der Waals surface area (Å²) in [6, 6.07) is 7.75. The van der Waals surface area contributed by atoms with Crippen LogP contribution in [0.25, 0.3) is 11.0 Å². The Kier molecular flexibility index (Phi) is 4.87. The second-order valence-electron chi connectivity index (χ2n) is 7.36. The Balaban J connectivity index is 1.45. The molecule has 3 aromatic rings. The van der Waals surface area contributed by atoms with Gasteiger partial charge >= 0.3 is 0 Å². The third kappa shape index (κ3) is 3.43. The molecule has 2 unspecified atom stereocenters. The predicted octanol–water partition coefficient (Wildman–Crippen LogP) is 2.54. The van der Waals surface area contributed by atoms with Gasteiger partial charge in [-0.1, -0.05) is 32.4 Å². The lowest BCUT2D eigenvalue weighted by molar-refractivity contribution is -0.137. The SMILES string of the molecule is CCC(C)C(C(=O)N1CCC(c2nc3ccccc3[nH]2)CC1)n1cnnn1. The topological polar surface area (TPSA) is 92.6 Å². The van der Waals surface area contributed by atoms with Crippen LogP contribution in [0.1, 0.15) is 50.9 Å². The van der Waals surface area contributed by atoms with Crippen LogP contribution in [0.4, 0.5) is 0 Å². The fraction of sp³-hybridized carbons (Fsp3) is 0.526. The van der Waals surface area contributed by atoms with Crippen molar-refractivity contribution >= 4 is 16.9 Å². The number of fused-ring (bicyclic) bond motifs is 1. The first-order valence-corrected chi connectivity index (χ1v) is 9.63. The number of hydrogen-bond acceptors (Lipinski definition) is 5. The molecule has 0 spiro atoms. The molecule has 0 radical (unpaired) electrons. The molecule has 2 atom stereocenters. The van der Waals surface area contributed by atoms with Gasteiger partial charge < -0.3 is 9.88 Å². The summed E-state index contributed by atoms with van der Waals surface area (Å²) in [5, 5.41) is 11.4. The van der Waals surface area contributed by atoms with E-state index >= 15 is 0 Å². The van der Waals surface area contributed by atoms with Gasteiger partial charge in [0.2, 0.25) is 5.91 Å². The third-order valence-corrected chi connectivity index (χ3v) is 5.69. The molecule has 0 saturated carbocycles. The quantitative estimate of drug-likeness (QED) is 0.748. The number of nitrogens with zero attached hydrogens (tertiary/aromatic N) is 6. The Morgan fingerprint density at radius 3 is 2.74 bits per heavy atom. The van der Waals surface area contributed by atoms with E-state index in [1.54, 1.807) is 4.68 Å². The first-order valence-electron chi connectivity index (χ1n) is 9.63. The molecule has 3 heterocycles. The fourth-order valence-electron chi connectivity index (χ4n) is 3.86. The summed E-state index contributed by atoms with van der Waals surface area (Å²) in [5.41, 5.74) is 2.07. The zero-order valence-corrected chi connectivity index (χ0v) is 15.7. The number of hydrogen-bond donors (Lipinski definition) is 1. The van der Waals surface area contributed by atoms with Crippen LogP contribution in [0.5, 0.6) is 0 Å². The Labute approximate surface area is 158 Å². The highest BCUT2D eigenvalue weighted by atomic mass is 16.2. The number of tetrazole rings is 1. The molecule has 2 aromatic heterocycles. The number of carbonyl (C=O) groups excluding carboxylic acids is 1. The number of para-hydroxylation sites is 2. The van der Waals surface area contributed by atoms with E-state index in [9.17, 15) is 4.79 Å². The molecule has 0 aliphatic carbocycles. The minimum absolute atomic E-state index is 0.111. The molecule has 1 aliphatic heterocycles. The van der Waals surface area contributed by atoms with Crippen LogP contribution in [-0.4, -0.2) is 54.1 Å². The van der Waals surface area contributed by atoms with Crippen molar-refractivity contribution in [2.24, 2.45) is 5.92 Å². The van der Waals surface area contributed by atoms with Crippen molar-refractivity contribution in [3.8, 4) is 0 Å². The van der Waals surface area contributed by atoms with E-state index < -0.39 is 0 Å². The smallest absolute Gasteiger partial charge is 0.247 e. The number of carbonyl (C=O) groups is 1. The average Bonchev–Trinajstić information content (AvgIpc) is 3.38. The molecular formula is C19H25N7O. The van der Waals surface area contributed by atoms with Gasteiger partial charge in [0.1, 0.15) is 18.2 Å². The van der Waals surface area contributed by atoms with Crippen LogP contribution in [0.15, 0.2) is 30.6 Å². The molecule has 27 heavy (non-hydrogen) atoms. The van der Waals surface area contributed by atoms with E-state index in [0.29, 0.717) is 5.92 Å². The number of rotatable bonds is 5. The van der Waals surface area contributed by atoms with Crippen LogP contribution in [-0.2, 0) is 4.79 Å². The lowest BCUT2D eigenvalue weighted by Crippen LogP contribution is -2.44. The Hall–Kier alpha value is -2.77. The first kappa shape index (κ1) is 17.6. The Morgan fingerprint density at radius 1 is 1.30 bits per heavy atom. The molecule has 0 bridgehead atoms. The standard InChI is InChI=1S/C19H25N7O/c1-3-13(2)17(26-12-20-23-24-26)19(27)25-10-8-14(9-11-25)18-21-15-6-4-5-7-16(15)22-18/h4-7,12-14,17H,3,8-11H2,1-2H3,(H,21,22). The second kappa shape index (κ2) is 7.46. The number of piperidine rings is 1. The van der Waals surface area contributed by atoms with Crippen molar-refractivity contribution in [1.82, 2.24) is 35.1 Å². The van der Waals surface area contributed by atoms with E-state index in [-0.39, 0.29) is 17.9 Å². The van der Waals surface area contributed by atoms with E-state index in [1.807, 2.05) is 29.2 Å². The van der Waals surface area contributed by atoms with Crippen LogP contribution >= 0.6 is 0 Å². The van der Waals surface area contributed by atoms with E-state index in [2.05, 4.69) is 34.4 Å². The molecule has 1 N–H and O–H groups in total. The van der Waals surface area contributed by atoms with Crippen LogP contribution in [0, 0.1) is 5.92 Å². The zero-order valence-electron chi connectivity index (χ0n) is 15.7. The second-order valence-corrected chi connectivity index (χ2v) is 7.36. The van der Waals surface area contributed by atoms with Gasteiger partial charge in [0, 0.05) is 19.0 Å². The minimum Gasteiger partial charge on any atom is -0.342 e. The van der Waals surface area contributed by atoms with Gasteiger partial charge in [-0.2, -0.15) is 0 Å². The number of aromatic amines is 1. The van der Waals surface area contributed by atoms with Crippen LogP contribution < -0.4 is 0 Å². The summed E-state index contributed by atoms with van der Waals surface area (Å²) in [6.45, 7) is 5.62. The normalized spacial score (nSPS) is 17.9. The van der Waals surface area contributed by atoms with Gasteiger partial charge in [-0.25, -0.2) is 9.67 Å². The number of amides is 1. The van der Waals surface area contributed by atoms with E-state index in [4.69, 9.17) is 4.98 Å². The molecule has 142 valence electrons. The lowest BCUT2D eigenvalue weighted by Gasteiger charge is -2.34. The maximum absolute atomic E-state index is 13.2. The summed E-state index contributed by atoms with van der Waals surface area (Å²) in [7, 11) is 0. The highest BCUT2D eigenvalue weighted by Gasteiger charge is 2.34. The van der Waals surface area contributed by atoms with Crippen molar-refractivity contribution in [2.75, 3.05) is 13.1 Å². The molecule has 1 fully saturated rings. The summed E-state index contributed by atoms with van der Waals surface area (Å²) in [5.74, 6) is 1.67. The maximum Gasteiger partial charge on any atom is 0.247 e. The molecule has 1 aliphatic rings. The highest BCUT2D eigenvalue weighted by Crippen LogP contribution is 2.30. The maximum atomic E-state index is 13.2. The fourth-order valence-corrected chi connectivity index (χ4v) is 3.86. The van der Waals surface area contributed by atoms with Crippen molar-refractivity contribution in [1.29, 1.82) is 0 Å². The van der Waals surface area contributed by atoms with Crippen molar-refractivity contribution < 1.29 is 4.79 Å². The molecule has 1 saturated heterocycles. The van der Waals surface area contributed by atoms with E-state index in [0.717, 1.165) is 49.2 Å². The molecule has 8 heteroatoms. The van der Waals surface area contributed by atoms with Crippen molar-refractivity contribution in [2.45, 2.75) is 45.1 Å². The van der Waals surface area contributed by atoms with Crippen molar-refractivity contribution in [3.05, 3.63) is 36.4 Å². The number of H-pyrrole nitrogens is 1. The summed E-state index contributed by atoms with van der Waals surface area (Å²) < 4.78 is 1.60.